The molecule has 2 aromatic rings. The summed E-state index contributed by atoms with van der Waals surface area (Å²) in [5.74, 6) is 0.840. The summed E-state index contributed by atoms with van der Waals surface area (Å²) in [6.07, 6.45) is 1.91. The molecule has 1 aromatic carbocycles. The molecule has 1 heterocycles. The van der Waals surface area contributed by atoms with E-state index in [0.29, 0.717) is 4.88 Å². The number of carbonyl (C=O) groups is 1. The fraction of sp³-hybridized carbons (Fsp3) is 0.333. The highest BCUT2D eigenvalue weighted by Gasteiger charge is 2.25. The highest BCUT2D eigenvalue weighted by Crippen LogP contribution is 2.33. The SMILES string of the molecule is COc1ccc2c(c1)CC[C@H]2NC(=O)c1scnc1C. The Labute approximate surface area is 121 Å². The number of benzene rings is 1. The van der Waals surface area contributed by atoms with E-state index in [9.17, 15) is 4.79 Å². The highest BCUT2D eigenvalue weighted by atomic mass is 32.1. The quantitative estimate of drug-likeness (QED) is 0.945. The molecule has 0 spiro atoms. The zero-order valence-corrected chi connectivity index (χ0v) is 12.3. The van der Waals surface area contributed by atoms with Gasteiger partial charge in [0.2, 0.25) is 0 Å². The maximum Gasteiger partial charge on any atom is 0.263 e. The molecule has 1 aromatic heterocycles. The van der Waals surface area contributed by atoms with E-state index in [2.05, 4.69) is 16.4 Å². The first-order chi connectivity index (χ1) is 9.69. The van der Waals surface area contributed by atoms with Crippen molar-refractivity contribution >= 4 is 17.2 Å². The molecule has 0 saturated heterocycles. The largest absolute Gasteiger partial charge is 0.497 e. The maximum absolute atomic E-state index is 12.3. The van der Waals surface area contributed by atoms with Crippen molar-refractivity contribution in [2.45, 2.75) is 25.8 Å². The van der Waals surface area contributed by atoms with Crippen LogP contribution in [-0.4, -0.2) is 18.0 Å². The van der Waals surface area contributed by atoms with Gasteiger partial charge in [0.15, 0.2) is 0 Å². The summed E-state index contributed by atoms with van der Waals surface area (Å²) in [7, 11) is 1.67. The van der Waals surface area contributed by atoms with Crippen LogP contribution in [0.15, 0.2) is 23.7 Å². The second kappa shape index (κ2) is 5.25. The summed E-state index contributed by atoms with van der Waals surface area (Å²) in [6, 6.07) is 6.14. The number of nitrogens with one attached hydrogen (secondary N) is 1. The maximum atomic E-state index is 12.3. The number of hydrogen-bond donors (Lipinski definition) is 1. The molecule has 4 nitrogen and oxygen atoms in total. The first-order valence-corrected chi connectivity index (χ1v) is 7.44. The van der Waals surface area contributed by atoms with Gasteiger partial charge in [-0.1, -0.05) is 6.07 Å². The van der Waals surface area contributed by atoms with Gasteiger partial charge in [-0.05, 0) is 43.0 Å². The van der Waals surface area contributed by atoms with Crippen molar-refractivity contribution < 1.29 is 9.53 Å². The van der Waals surface area contributed by atoms with Crippen molar-refractivity contribution in [2.75, 3.05) is 7.11 Å². The number of methoxy groups -OCH3 is 1. The topological polar surface area (TPSA) is 51.2 Å². The van der Waals surface area contributed by atoms with Crippen molar-refractivity contribution in [2.24, 2.45) is 0 Å². The van der Waals surface area contributed by atoms with Gasteiger partial charge >= 0.3 is 0 Å². The predicted octanol–water partition coefficient (Wildman–Crippen LogP) is 2.88. The molecule has 1 aliphatic rings. The molecule has 1 amide bonds. The number of ether oxygens (including phenoxy) is 1. The molecule has 20 heavy (non-hydrogen) atoms. The molecule has 1 atom stereocenters. The lowest BCUT2D eigenvalue weighted by molar-refractivity contribution is 0.0940. The Morgan fingerprint density at radius 3 is 3.05 bits per heavy atom. The van der Waals surface area contributed by atoms with E-state index in [1.165, 1.54) is 22.5 Å². The Balaban J connectivity index is 1.79. The molecule has 5 heteroatoms. The van der Waals surface area contributed by atoms with Crippen molar-refractivity contribution in [1.82, 2.24) is 10.3 Å². The van der Waals surface area contributed by atoms with E-state index in [4.69, 9.17) is 4.74 Å². The monoisotopic (exact) mass is 288 g/mol. The van der Waals surface area contributed by atoms with Crippen LogP contribution in [0.5, 0.6) is 5.75 Å². The Morgan fingerprint density at radius 2 is 2.35 bits per heavy atom. The van der Waals surface area contributed by atoms with E-state index in [1.54, 1.807) is 12.6 Å². The van der Waals surface area contributed by atoms with Crippen LogP contribution < -0.4 is 10.1 Å². The number of thiazole rings is 1. The summed E-state index contributed by atoms with van der Waals surface area (Å²) in [4.78, 5) is 17.1. The molecule has 104 valence electrons. The fourth-order valence-electron chi connectivity index (χ4n) is 2.61. The van der Waals surface area contributed by atoms with E-state index in [1.807, 2.05) is 19.1 Å². The Hall–Kier alpha value is -1.88. The molecular formula is C15H16N2O2S. The van der Waals surface area contributed by atoms with Crippen LogP contribution in [0.2, 0.25) is 0 Å². The van der Waals surface area contributed by atoms with E-state index in [-0.39, 0.29) is 11.9 Å². The van der Waals surface area contributed by atoms with E-state index in [0.717, 1.165) is 24.3 Å². The van der Waals surface area contributed by atoms with Crippen molar-refractivity contribution in [1.29, 1.82) is 0 Å². The van der Waals surface area contributed by atoms with Crippen molar-refractivity contribution in [3.05, 3.63) is 45.4 Å². The summed E-state index contributed by atoms with van der Waals surface area (Å²) in [5.41, 5.74) is 4.95. The van der Waals surface area contributed by atoms with Gasteiger partial charge in [-0.3, -0.25) is 4.79 Å². The summed E-state index contributed by atoms with van der Waals surface area (Å²) >= 11 is 1.39. The number of aromatic nitrogens is 1. The molecule has 0 radical (unpaired) electrons. The van der Waals surface area contributed by atoms with Crippen LogP contribution in [0.1, 0.15) is 39.0 Å². The third-order valence-electron chi connectivity index (χ3n) is 3.68. The minimum atomic E-state index is -0.0290. The normalized spacial score (nSPS) is 16.8. The van der Waals surface area contributed by atoms with Crippen molar-refractivity contribution in [3.8, 4) is 5.75 Å². The molecule has 0 unspecified atom stereocenters. The van der Waals surface area contributed by atoms with Gasteiger partial charge in [0, 0.05) is 0 Å². The number of hydrogen-bond acceptors (Lipinski definition) is 4. The average molecular weight is 288 g/mol. The number of carbonyl (C=O) groups excluding carboxylic acids is 1. The Kier molecular flexibility index (Phi) is 3.44. The van der Waals surface area contributed by atoms with Gasteiger partial charge in [0.25, 0.3) is 5.91 Å². The fourth-order valence-corrected chi connectivity index (χ4v) is 3.32. The summed E-state index contributed by atoms with van der Waals surface area (Å²) < 4.78 is 5.24. The molecule has 0 bridgehead atoms. The number of fused-ring (bicyclic) bond motifs is 1. The lowest BCUT2D eigenvalue weighted by Crippen LogP contribution is -2.26. The number of rotatable bonds is 3. The first-order valence-electron chi connectivity index (χ1n) is 6.57. The zero-order chi connectivity index (χ0) is 14.1. The van der Waals surface area contributed by atoms with Gasteiger partial charge in [0.1, 0.15) is 10.6 Å². The number of amides is 1. The Morgan fingerprint density at radius 1 is 1.50 bits per heavy atom. The molecule has 0 aliphatic heterocycles. The minimum Gasteiger partial charge on any atom is -0.497 e. The van der Waals surface area contributed by atoms with Crippen LogP contribution in [0.25, 0.3) is 0 Å². The third-order valence-corrected chi connectivity index (χ3v) is 4.61. The van der Waals surface area contributed by atoms with Gasteiger partial charge in [-0.15, -0.1) is 11.3 Å². The lowest BCUT2D eigenvalue weighted by Gasteiger charge is -2.14. The third kappa shape index (κ3) is 2.29. The first kappa shape index (κ1) is 13.1. The van der Waals surface area contributed by atoms with Crippen LogP contribution in [0.4, 0.5) is 0 Å². The van der Waals surface area contributed by atoms with Crippen LogP contribution >= 0.6 is 11.3 Å². The smallest absolute Gasteiger partial charge is 0.263 e. The van der Waals surface area contributed by atoms with Crippen molar-refractivity contribution in [3.63, 3.8) is 0 Å². The second-order valence-electron chi connectivity index (χ2n) is 4.90. The van der Waals surface area contributed by atoms with Crippen LogP contribution in [-0.2, 0) is 6.42 Å². The molecular weight excluding hydrogens is 272 g/mol. The highest BCUT2D eigenvalue weighted by molar-refractivity contribution is 7.11. The molecule has 1 N–H and O–H groups in total. The standard InChI is InChI=1S/C15H16N2O2S/c1-9-14(20-8-16-9)15(18)17-13-6-3-10-7-11(19-2)4-5-12(10)13/h4-5,7-8,13H,3,6H2,1-2H3,(H,17,18)/t13-/m1/s1. The molecule has 0 saturated carbocycles. The Bertz CT molecular complexity index is 651. The predicted molar refractivity (Wildman–Crippen MR) is 78.4 cm³/mol. The summed E-state index contributed by atoms with van der Waals surface area (Å²) in [5, 5.41) is 3.11. The van der Waals surface area contributed by atoms with Gasteiger partial charge < -0.3 is 10.1 Å². The number of nitrogens with zero attached hydrogens (tertiary/aromatic N) is 1. The van der Waals surface area contributed by atoms with E-state index < -0.39 is 0 Å². The molecule has 1 aliphatic carbocycles. The van der Waals surface area contributed by atoms with E-state index >= 15 is 0 Å². The van der Waals surface area contributed by atoms with Gasteiger partial charge in [-0.2, -0.15) is 0 Å². The van der Waals surface area contributed by atoms with Gasteiger partial charge in [0.05, 0.1) is 24.4 Å². The van der Waals surface area contributed by atoms with Crippen LogP contribution in [0.3, 0.4) is 0 Å². The second-order valence-corrected chi connectivity index (χ2v) is 5.75. The van der Waals surface area contributed by atoms with Crippen LogP contribution in [0, 0.1) is 6.92 Å². The lowest BCUT2D eigenvalue weighted by atomic mass is 10.1. The average Bonchev–Trinajstić information content (AvgIpc) is 3.05. The molecule has 3 rings (SSSR count). The zero-order valence-electron chi connectivity index (χ0n) is 11.5. The number of aryl methyl sites for hydroxylation is 2. The van der Waals surface area contributed by atoms with Gasteiger partial charge in [-0.25, -0.2) is 4.98 Å². The molecule has 0 fully saturated rings. The summed E-state index contributed by atoms with van der Waals surface area (Å²) in [6.45, 7) is 1.86. The minimum absolute atomic E-state index is 0.0290.